The first-order valence-electron chi connectivity index (χ1n) is 5.94. The monoisotopic (exact) mass is 289 g/mol. The van der Waals surface area contributed by atoms with Crippen molar-refractivity contribution < 1.29 is 4.39 Å². The molecule has 0 aliphatic carbocycles. The van der Waals surface area contributed by atoms with Crippen LogP contribution in [0.5, 0.6) is 0 Å². The van der Waals surface area contributed by atoms with Crippen molar-refractivity contribution in [1.29, 1.82) is 0 Å². The topological polar surface area (TPSA) is 68.8 Å². The number of hydrogen-bond acceptors (Lipinski definition) is 5. The van der Waals surface area contributed by atoms with Gasteiger partial charge in [-0.25, -0.2) is 14.1 Å². The summed E-state index contributed by atoms with van der Waals surface area (Å²) in [4.78, 5) is 4.83. The maximum Gasteiger partial charge on any atom is 0.150 e. The van der Waals surface area contributed by atoms with Crippen molar-refractivity contribution in [3.63, 3.8) is 0 Å². The van der Waals surface area contributed by atoms with E-state index in [1.165, 1.54) is 23.4 Å². The zero-order chi connectivity index (χ0) is 13.9. The third-order valence-corrected chi connectivity index (χ3v) is 3.78. The molecule has 5 nitrogen and oxygen atoms in total. The number of anilines is 2. The SMILES string of the molecule is Nc1ccsc1CNc1ccc(-n2cncn2)c(F)c1. The lowest BCUT2D eigenvalue weighted by Crippen LogP contribution is -2.02. The summed E-state index contributed by atoms with van der Waals surface area (Å²) in [5.41, 5.74) is 7.61. The number of aromatic nitrogens is 3. The number of halogens is 1. The smallest absolute Gasteiger partial charge is 0.150 e. The summed E-state index contributed by atoms with van der Waals surface area (Å²) >= 11 is 1.57. The van der Waals surface area contributed by atoms with Gasteiger partial charge in [0.2, 0.25) is 0 Å². The molecular weight excluding hydrogens is 277 g/mol. The van der Waals surface area contributed by atoms with Crippen molar-refractivity contribution in [2.75, 3.05) is 11.1 Å². The van der Waals surface area contributed by atoms with Gasteiger partial charge in [0.15, 0.2) is 5.82 Å². The molecule has 1 aromatic carbocycles. The van der Waals surface area contributed by atoms with Gasteiger partial charge in [0.05, 0.1) is 6.54 Å². The molecule has 2 heterocycles. The number of benzene rings is 1. The molecule has 20 heavy (non-hydrogen) atoms. The van der Waals surface area contributed by atoms with Crippen LogP contribution in [0.25, 0.3) is 5.69 Å². The van der Waals surface area contributed by atoms with Crippen LogP contribution >= 0.6 is 11.3 Å². The zero-order valence-electron chi connectivity index (χ0n) is 10.5. The van der Waals surface area contributed by atoms with E-state index in [-0.39, 0.29) is 5.82 Å². The van der Waals surface area contributed by atoms with Crippen LogP contribution in [0, 0.1) is 5.82 Å². The molecule has 0 unspecified atom stereocenters. The molecule has 2 aromatic heterocycles. The molecule has 3 N–H and O–H groups in total. The fraction of sp³-hybridized carbons (Fsp3) is 0.0769. The molecule has 0 bridgehead atoms. The highest BCUT2D eigenvalue weighted by Gasteiger charge is 2.07. The van der Waals surface area contributed by atoms with Crippen molar-refractivity contribution in [2.45, 2.75) is 6.54 Å². The summed E-state index contributed by atoms with van der Waals surface area (Å²) in [5, 5.41) is 8.98. The first-order chi connectivity index (χ1) is 9.74. The van der Waals surface area contributed by atoms with Gasteiger partial charge in [0.25, 0.3) is 0 Å². The van der Waals surface area contributed by atoms with Gasteiger partial charge in [0.1, 0.15) is 18.3 Å². The van der Waals surface area contributed by atoms with E-state index < -0.39 is 0 Å². The van der Waals surface area contributed by atoms with Crippen molar-refractivity contribution in [3.05, 3.63) is 53.0 Å². The van der Waals surface area contributed by atoms with E-state index in [9.17, 15) is 4.39 Å². The number of hydrogen-bond donors (Lipinski definition) is 2. The molecule has 0 saturated carbocycles. The minimum atomic E-state index is -0.361. The summed E-state index contributed by atoms with van der Waals surface area (Å²) in [5.74, 6) is -0.361. The van der Waals surface area contributed by atoms with Crippen LogP contribution in [0.4, 0.5) is 15.8 Å². The van der Waals surface area contributed by atoms with Crippen molar-refractivity contribution in [2.24, 2.45) is 0 Å². The molecule has 0 aliphatic heterocycles. The minimum Gasteiger partial charge on any atom is -0.398 e. The molecule has 102 valence electrons. The Morgan fingerprint density at radius 1 is 1.35 bits per heavy atom. The van der Waals surface area contributed by atoms with Gasteiger partial charge in [-0.05, 0) is 29.6 Å². The zero-order valence-corrected chi connectivity index (χ0v) is 11.3. The lowest BCUT2D eigenvalue weighted by molar-refractivity contribution is 0.611. The van der Waals surface area contributed by atoms with Crippen LogP contribution in [-0.4, -0.2) is 14.8 Å². The molecule has 7 heteroatoms. The molecule has 0 radical (unpaired) electrons. The Kier molecular flexibility index (Phi) is 3.34. The quantitative estimate of drug-likeness (QED) is 0.774. The van der Waals surface area contributed by atoms with Crippen molar-refractivity contribution >= 4 is 22.7 Å². The first-order valence-corrected chi connectivity index (χ1v) is 6.82. The molecular formula is C13H12FN5S. The summed E-state index contributed by atoms with van der Waals surface area (Å²) in [6.07, 6.45) is 2.82. The second kappa shape index (κ2) is 5.30. The first kappa shape index (κ1) is 12.6. The van der Waals surface area contributed by atoms with Crippen LogP contribution < -0.4 is 11.1 Å². The van der Waals surface area contributed by atoms with E-state index in [0.29, 0.717) is 17.9 Å². The lowest BCUT2D eigenvalue weighted by atomic mass is 10.2. The Morgan fingerprint density at radius 2 is 2.25 bits per heavy atom. The third-order valence-electron chi connectivity index (χ3n) is 2.85. The molecule has 0 amide bonds. The van der Waals surface area contributed by atoms with E-state index in [4.69, 9.17) is 5.73 Å². The second-order valence-corrected chi connectivity index (χ2v) is 5.16. The Morgan fingerprint density at radius 3 is 2.90 bits per heavy atom. The molecule has 0 fully saturated rings. The number of nitrogens with two attached hydrogens (primary N) is 1. The Hall–Kier alpha value is -2.41. The molecule has 0 saturated heterocycles. The van der Waals surface area contributed by atoms with E-state index in [1.807, 2.05) is 11.4 Å². The summed E-state index contributed by atoms with van der Waals surface area (Å²) in [7, 11) is 0. The lowest BCUT2D eigenvalue weighted by Gasteiger charge is -2.08. The van der Waals surface area contributed by atoms with Gasteiger partial charge in [-0.2, -0.15) is 5.10 Å². The highest BCUT2D eigenvalue weighted by Crippen LogP contribution is 2.22. The highest BCUT2D eigenvalue weighted by atomic mass is 32.1. The third kappa shape index (κ3) is 2.48. The molecule has 3 aromatic rings. The Bertz CT molecular complexity index is 707. The average molecular weight is 289 g/mol. The predicted octanol–water partition coefficient (Wildman–Crippen LogP) is 2.66. The highest BCUT2D eigenvalue weighted by molar-refractivity contribution is 7.10. The molecule has 3 rings (SSSR count). The van der Waals surface area contributed by atoms with Crippen LogP contribution in [0.3, 0.4) is 0 Å². The van der Waals surface area contributed by atoms with E-state index in [2.05, 4.69) is 15.4 Å². The van der Waals surface area contributed by atoms with Crippen LogP contribution in [0.15, 0.2) is 42.3 Å². The number of nitrogens with one attached hydrogen (secondary N) is 1. The second-order valence-electron chi connectivity index (χ2n) is 4.16. The summed E-state index contributed by atoms with van der Waals surface area (Å²) in [6.45, 7) is 0.575. The number of thiophene rings is 1. The van der Waals surface area contributed by atoms with Gasteiger partial charge in [-0.15, -0.1) is 11.3 Å². The van der Waals surface area contributed by atoms with Crippen LogP contribution in [0.2, 0.25) is 0 Å². The van der Waals surface area contributed by atoms with Crippen LogP contribution in [-0.2, 0) is 6.54 Å². The van der Waals surface area contributed by atoms with Gasteiger partial charge in [-0.3, -0.25) is 0 Å². The number of nitrogens with zero attached hydrogens (tertiary/aromatic N) is 3. The number of rotatable bonds is 4. The van der Waals surface area contributed by atoms with Crippen molar-refractivity contribution in [1.82, 2.24) is 14.8 Å². The maximum absolute atomic E-state index is 14.0. The van der Waals surface area contributed by atoms with E-state index >= 15 is 0 Å². The van der Waals surface area contributed by atoms with E-state index in [0.717, 1.165) is 10.6 Å². The van der Waals surface area contributed by atoms with Gasteiger partial charge < -0.3 is 11.1 Å². The number of nitrogen functional groups attached to an aromatic ring is 1. The Balaban J connectivity index is 1.76. The van der Waals surface area contributed by atoms with Gasteiger partial charge >= 0.3 is 0 Å². The van der Waals surface area contributed by atoms with Gasteiger partial charge in [-0.1, -0.05) is 0 Å². The summed E-state index contributed by atoms with van der Waals surface area (Å²) < 4.78 is 15.4. The fourth-order valence-corrected chi connectivity index (χ4v) is 2.55. The maximum atomic E-state index is 14.0. The minimum absolute atomic E-state index is 0.361. The standard InChI is InChI=1S/C13H12FN5S/c14-10-5-9(17-6-13-11(15)3-4-20-13)1-2-12(10)19-8-16-7-18-19/h1-5,7-8,17H,6,15H2. The predicted molar refractivity (Wildman–Crippen MR) is 77.4 cm³/mol. The molecule has 0 atom stereocenters. The molecule has 0 spiro atoms. The van der Waals surface area contributed by atoms with Crippen molar-refractivity contribution in [3.8, 4) is 5.69 Å². The average Bonchev–Trinajstić information content (AvgIpc) is 3.08. The normalized spacial score (nSPS) is 10.7. The van der Waals surface area contributed by atoms with E-state index in [1.54, 1.807) is 23.5 Å². The Labute approximate surface area is 118 Å². The fourth-order valence-electron chi connectivity index (χ4n) is 1.81. The summed E-state index contributed by atoms with van der Waals surface area (Å²) in [6, 6.07) is 6.74. The van der Waals surface area contributed by atoms with Crippen LogP contribution in [0.1, 0.15) is 4.88 Å². The largest absolute Gasteiger partial charge is 0.398 e. The molecule has 0 aliphatic rings. The van der Waals surface area contributed by atoms with Gasteiger partial charge in [0, 0.05) is 16.3 Å².